The number of hydrogen-bond acceptors (Lipinski definition) is 4. The van der Waals surface area contributed by atoms with Gasteiger partial charge in [-0.2, -0.15) is 0 Å². The van der Waals surface area contributed by atoms with E-state index in [4.69, 9.17) is 23.2 Å². The molecule has 2 aromatic carbocycles. The number of nitrogens with one attached hydrogen (secondary N) is 3. The number of carbonyl (C=O) groups excluding carboxylic acids is 2. The van der Waals surface area contributed by atoms with Gasteiger partial charge < -0.3 is 20.9 Å². The van der Waals surface area contributed by atoms with Crippen molar-refractivity contribution in [3.63, 3.8) is 0 Å². The molecule has 3 aliphatic rings. The molecule has 216 valence electrons. The highest BCUT2D eigenvalue weighted by atomic mass is 35.5. The van der Waals surface area contributed by atoms with E-state index in [1.807, 2.05) is 20.8 Å². The molecule has 0 saturated carbocycles. The van der Waals surface area contributed by atoms with Crippen LogP contribution in [-0.2, 0) is 15.0 Å². The van der Waals surface area contributed by atoms with Crippen molar-refractivity contribution in [3.05, 3.63) is 63.1 Å². The fourth-order valence-electron chi connectivity index (χ4n) is 6.79. The summed E-state index contributed by atoms with van der Waals surface area (Å²) in [6.45, 7) is 9.55. The Labute approximate surface area is 244 Å². The van der Waals surface area contributed by atoms with Crippen LogP contribution in [-0.4, -0.2) is 55.0 Å². The van der Waals surface area contributed by atoms with Gasteiger partial charge in [0.15, 0.2) is 0 Å². The number of rotatable bonds is 7. The lowest BCUT2D eigenvalue weighted by atomic mass is 9.62. The number of fused-ring (bicyclic) bond motifs is 2. The van der Waals surface area contributed by atoms with Crippen LogP contribution >= 0.6 is 23.2 Å². The number of likely N-dealkylation sites (tertiary alicyclic amines) is 1. The summed E-state index contributed by atoms with van der Waals surface area (Å²) < 4.78 is 30.8. The van der Waals surface area contributed by atoms with Crippen molar-refractivity contribution in [3.8, 4) is 0 Å². The summed E-state index contributed by atoms with van der Waals surface area (Å²) in [5.74, 6) is -3.16. The Kier molecular flexibility index (Phi) is 8.18. The monoisotopic (exact) mass is 592 g/mol. The van der Waals surface area contributed by atoms with E-state index in [1.54, 1.807) is 12.1 Å². The molecule has 0 bridgehead atoms. The van der Waals surface area contributed by atoms with E-state index in [9.17, 15) is 14.0 Å². The van der Waals surface area contributed by atoms with Gasteiger partial charge in [0.05, 0.1) is 16.1 Å². The summed E-state index contributed by atoms with van der Waals surface area (Å²) in [6, 6.07) is 5.63. The molecule has 3 aliphatic heterocycles. The SMILES string of the molecule is CC(C)(C)C[C@H]1N[C@@H](C(=O)NCCCN2CCCC2)[C@H](c2cccc(Cl)c2F)[C@@]12C(=O)Nc1cc(Cl)c(F)cc12. The minimum Gasteiger partial charge on any atom is -0.355 e. The lowest BCUT2D eigenvalue weighted by molar-refractivity contribution is -0.123. The second-order valence-electron chi connectivity index (χ2n) is 12.4. The first-order valence-electron chi connectivity index (χ1n) is 13.9. The largest absolute Gasteiger partial charge is 0.355 e. The van der Waals surface area contributed by atoms with Crippen LogP contribution in [0.5, 0.6) is 0 Å². The minimum absolute atomic E-state index is 0.113. The van der Waals surface area contributed by atoms with Crippen LogP contribution in [0.2, 0.25) is 10.0 Å². The van der Waals surface area contributed by atoms with Crippen molar-refractivity contribution < 1.29 is 18.4 Å². The number of halogens is 4. The maximum Gasteiger partial charge on any atom is 0.237 e. The predicted molar refractivity (Wildman–Crippen MR) is 154 cm³/mol. The zero-order chi connectivity index (χ0) is 28.8. The molecule has 3 heterocycles. The Hall–Kier alpha value is -2.26. The molecule has 0 unspecified atom stereocenters. The van der Waals surface area contributed by atoms with Crippen molar-refractivity contribution in [1.82, 2.24) is 15.5 Å². The highest BCUT2D eigenvalue weighted by Gasteiger charge is 2.66. The molecule has 5 rings (SSSR count). The van der Waals surface area contributed by atoms with Crippen LogP contribution in [0.4, 0.5) is 14.5 Å². The molecule has 6 nitrogen and oxygen atoms in total. The Morgan fingerprint density at radius 1 is 1.15 bits per heavy atom. The smallest absolute Gasteiger partial charge is 0.237 e. The van der Waals surface area contributed by atoms with E-state index in [2.05, 4.69) is 20.9 Å². The number of nitrogens with zero attached hydrogens (tertiary/aromatic N) is 1. The van der Waals surface area contributed by atoms with E-state index in [0.717, 1.165) is 26.1 Å². The number of amides is 2. The number of carbonyl (C=O) groups is 2. The summed E-state index contributed by atoms with van der Waals surface area (Å²) >= 11 is 12.3. The topological polar surface area (TPSA) is 73.5 Å². The van der Waals surface area contributed by atoms with Gasteiger partial charge in [0.25, 0.3) is 0 Å². The third kappa shape index (κ3) is 5.24. The van der Waals surface area contributed by atoms with Gasteiger partial charge >= 0.3 is 0 Å². The molecule has 2 amide bonds. The zero-order valence-corrected chi connectivity index (χ0v) is 24.6. The molecule has 0 radical (unpaired) electrons. The van der Waals surface area contributed by atoms with Crippen LogP contribution in [0.3, 0.4) is 0 Å². The summed E-state index contributed by atoms with van der Waals surface area (Å²) in [4.78, 5) is 30.3. The fourth-order valence-corrected chi connectivity index (χ4v) is 7.14. The van der Waals surface area contributed by atoms with Crippen molar-refractivity contribution in [1.29, 1.82) is 0 Å². The number of anilines is 1. The standard InChI is InChI=1S/C30H36Cl2F2N4O2/c1-29(2,3)16-23-30(18-14-21(33)20(32)15-22(18)36-28(30)40)24(17-8-6-9-19(31)25(17)34)26(37-23)27(39)35-10-7-13-38-11-4-5-12-38/h6,8-9,14-15,23-24,26,37H,4-5,7,10-13,16H2,1-3H3,(H,35,39)(H,36,40)/t23-,24+,26-,30+/m1/s1. The van der Waals surface area contributed by atoms with Gasteiger partial charge in [-0.05, 0) is 80.1 Å². The van der Waals surface area contributed by atoms with E-state index in [0.29, 0.717) is 24.2 Å². The molecule has 1 spiro atoms. The van der Waals surface area contributed by atoms with Gasteiger partial charge in [0.1, 0.15) is 17.0 Å². The highest BCUT2D eigenvalue weighted by Crippen LogP contribution is 2.57. The van der Waals surface area contributed by atoms with E-state index in [-0.39, 0.29) is 26.9 Å². The maximum absolute atomic E-state index is 15.8. The fraction of sp³-hybridized carbons (Fsp3) is 0.533. The van der Waals surface area contributed by atoms with Crippen molar-refractivity contribution in [2.24, 2.45) is 5.41 Å². The Morgan fingerprint density at radius 2 is 1.88 bits per heavy atom. The molecule has 0 aliphatic carbocycles. The van der Waals surface area contributed by atoms with Crippen molar-refractivity contribution in [2.75, 3.05) is 31.5 Å². The normalized spacial score (nSPS) is 26.4. The van der Waals surface area contributed by atoms with E-state index in [1.165, 1.54) is 31.0 Å². The first kappa shape index (κ1) is 29.2. The number of hydrogen-bond donors (Lipinski definition) is 3. The van der Waals surface area contributed by atoms with Gasteiger partial charge in [-0.25, -0.2) is 8.78 Å². The molecule has 40 heavy (non-hydrogen) atoms. The number of benzene rings is 2. The highest BCUT2D eigenvalue weighted by molar-refractivity contribution is 6.31. The first-order chi connectivity index (χ1) is 18.9. The van der Waals surface area contributed by atoms with Gasteiger partial charge in [-0.1, -0.05) is 56.1 Å². The van der Waals surface area contributed by atoms with Gasteiger partial charge in [0.2, 0.25) is 11.8 Å². The van der Waals surface area contributed by atoms with Gasteiger partial charge in [-0.3, -0.25) is 9.59 Å². The summed E-state index contributed by atoms with van der Waals surface area (Å²) in [5, 5.41) is 9.06. The Morgan fingerprint density at radius 3 is 2.58 bits per heavy atom. The zero-order valence-electron chi connectivity index (χ0n) is 23.1. The second-order valence-corrected chi connectivity index (χ2v) is 13.2. The van der Waals surface area contributed by atoms with Crippen LogP contribution < -0.4 is 16.0 Å². The molecular weight excluding hydrogens is 557 g/mol. The first-order valence-corrected chi connectivity index (χ1v) is 14.7. The van der Waals surface area contributed by atoms with Gasteiger partial charge in [-0.15, -0.1) is 0 Å². The Balaban J connectivity index is 1.59. The third-order valence-corrected chi connectivity index (χ3v) is 9.03. The Bertz CT molecular complexity index is 1310. The maximum atomic E-state index is 15.8. The van der Waals surface area contributed by atoms with Gasteiger partial charge in [0, 0.05) is 24.2 Å². The quantitative estimate of drug-likeness (QED) is 0.365. The summed E-state index contributed by atoms with van der Waals surface area (Å²) in [5.41, 5.74) is -0.924. The molecule has 2 saturated heterocycles. The van der Waals surface area contributed by atoms with E-state index >= 15 is 4.39 Å². The van der Waals surface area contributed by atoms with Crippen molar-refractivity contribution >= 4 is 40.7 Å². The second kappa shape index (κ2) is 11.2. The van der Waals surface area contributed by atoms with E-state index < -0.39 is 41.0 Å². The van der Waals surface area contributed by atoms with Crippen LogP contribution in [0.15, 0.2) is 30.3 Å². The molecule has 0 aromatic heterocycles. The predicted octanol–water partition coefficient (Wildman–Crippen LogP) is 5.62. The molecule has 2 fully saturated rings. The molecule has 3 N–H and O–H groups in total. The molecule has 4 atom stereocenters. The third-order valence-electron chi connectivity index (χ3n) is 8.45. The van der Waals surface area contributed by atoms with Crippen LogP contribution in [0, 0.1) is 17.0 Å². The van der Waals surface area contributed by atoms with Crippen LogP contribution in [0.25, 0.3) is 0 Å². The molecular formula is C30H36Cl2F2N4O2. The lowest BCUT2D eigenvalue weighted by Crippen LogP contribution is -2.49. The molecule has 2 aromatic rings. The summed E-state index contributed by atoms with van der Waals surface area (Å²) in [7, 11) is 0. The molecule has 10 heteroatoms. The average Bonchev–Trinajstić information content (AvgIpc) is 3.57. The lowest BCUT2D eigenvalue weighted by Gasteiger charge is -2.37. The average molecular weight is 594 g/mol. The minimum atomic E-state index is -1.49. The van der Waals surface area contributed by atoms with Crippen LogP contribution in [0.1, 0.15) is 63.5 Å². The summed E-state index contributed by atoms with van der Waals surface area (Å²) in [6.07, 6.45) is 3.62. The van der Waals surface area contributed by atoms with Crippen molar-refractivity contribution in [2.45, 2.75) is 69.9 Å².